The predicted molar refractivity (Wildman–Crippen MR) is 81.6 cm³/mol. The van der Waals surface area contributed by atoms with Crippen LogP contribution < -0.4 is 10.0 Å². The molecule has 0 aliphatic carbocycles. The number of nitrogens with one attached hydrogen (secondary N) is 2. The van der Waals surface area contributed by atoms with Crippen LogP contribution in [0.2, 0.25) is 5.02 Å². The van der Waals surface area contributed by atoms with Crippen molar-refractivity contribution in [2.45, 2.75) is 23.8 Å². The Balaban J connectivity index is 0.00000220. The molecule has 0 spiro atoms. The van der Waals surface area contributed by atoms with E-state index in [1.165, 1.54) is 6.07 Å². The van der Waals surface area contributed by atoms with Gasteiger partial charge in [-0.3, -0.25) is 10.1 Å². The van der Waals surface area contributed by atoms with E-state index in [9.17, 15) is 18.5 Å². The highest BCUT2D eigenvalue weighted by Crippen LogP contribution is 2.27. The summed E-state index contributed by atoms with van der Waals surface area (Å²) in [5, 5.41) is 14.1. The lowest BCUT2D eigenvalue weighted by Gasteiger charge is -2.23. The molecule has 1 unspecified atom stereocenters. The topological polar surface area (TPSA) is 101 Å². The Kier molecular flexibility index (Phi) is 6.36. The smallest absolute Gasteiger partial charge is 0.290 e. The minimum Gasteiger partial charge on any atom is -0.315 e. The molecule has 21 heavy (non-hydrogen) atoms. The number of halogens is 2. The lowest BCUT2D eigenvalue weighted by atomic mass is 10.1. The average Bonchev–Trinajstić information content (AvgIpc) is 2.38. The molecule has 0 aromatic heterocycles. The fourth-order valence-corrected chi connectivity index (χ4v) is 3.69. The lowest BCUT2D eigenvalue weighted by molar-refractivity contribution is -0.387. The average molecular weight is 356 g/mol. The van der Waals surface area contributed by atoms with Crippen molar-refractivity contribution in [1.29, 1.82) is 0 Å². The van der Waals surface area contributed by atoms with Gasteiger partial charge < -0.3 is 5.32 Å². The van der Waals surface area contributed by atoms with Gasteiger partial charge in [0.15, 0.2) is 4.90 Å². The van der Waals surface area contributed by atoms with Crippen LogP contribution in [-0.2, 0) is 10.0 Å². The zero-order chi connectivity index (χ0) is 14.8. The summed E-state index contributed by atoms with van der Waals surface area (Å²) in [4.78, 5) is 9.84. The van der Waals surface area contributed by atoms with Crippen LogP contribution in [0.1, 0.15) is 12.8 Å². The third kappa shape index (κ3) is 4.52. The fourth-order valence-electron chi connectivity index (χ4n) is 2.10. The number of nitro groups is 1. The van der Waals surface area contributed by atoms with Crippen molar-refractivity contribution in [1.82, 2.24) is 10.0 Å². The molecule has 1 atom stereocenters. The van der Waals surface area contributed by atoms with E-state index in [0.29, 0.717) is 13.0 Å². The van der Waals surface area contributed by atoms with E-state index < -0.39 is 20.6 Å². The highest BCUT2D eigenvalue weighted by Gasteiger charge is 2.28. The first kappa shape index (κ1) is 18.1. The summed E-state index contributed by atoms with van der Waals surface area (Å²) in [6.07, 6.45) is 1.56. The standard InChI is InChI=1S/C11H14ClN3O4S.ClH/c12-8-3-4-11(10(6-8)15(16)17)20(18,19)14-9-2-1-5-13-7-9;/h3-4,6,9,13-14H,1-2,5,7H2;1H. The van der Waals surface area contributed by atoms with E-state index in [2.05, 4.69) is 10.0 Å². The maximum atomic E-state index is 12.3. The number of hydrogen-bond donors (Lipinski definition) is 2. The minimum atomic E-state index is -3.94. The Morgan fingerprint density at radius 1 is 1.43 bits per heavy atom. The predicted octanol–water partition coefficient (Wildman–Crippen LogP) is 1.70. The number of sulfonamides is 1. The van der Waals surface area contributed by atoms with E-state index >= 15 is 0 Å². The second-order valence-corrected chi connectivity index (χ2v) is 6.65. The third-order valence-electron chi connectivity index (χ3n) is 3.03. The first-order valence-electron chi connectivity index (χ1n) is 6.07. The minimum absolute atomic E-state index is 0. The summed E-state index contributed by atoms with van der Waals surface area (Å²) in [5.74, 6) is 0. The largest absolute Gasteiger partial charge is 0.315 e. The van der Waals surface area contributed by atoms with Gasteiger partial charge in [0, 0.05) is 23.7 Å². The molecule has 7 nitrogen and oxygen atoms in total. The van der Waals surface area contributed by atoms with Crippen LogP contribution >= 0.6 is 24.0 Å². The van der Waals surface area contributed by atoms with E-state index in [4.69, 9.17) is 11.6 Å². The Bertz CT molecular complexity index is 618. The fraction of sp³-hybridized carbons (Fsp3) is 0.455. The number of rotatable bonds is 4. The van der Waals surface area contributed by atoms with Gasteiger partial charge in [0.25, 0.3) is 5.69 Å². The molecule has 1 aliphatic rings. The number of benzene rings is 1. The van der Waals surface area contributed by atoms with Crippen molar-refractivity contribution in [3.63, 3.8) is 0 Å². The van der Waals surface area contributed by atoms with Crippen LogP contribution in [0.4, 0.5) is 5.69 Å². The van der Waals surface area contributed by atoms with E-state index in [1.54, 1.807) is 0 Å². The van der Waals surface area contributed by atoms with Crippen LogP contribution in [0.5, 0.6) is 0 Å². The van der Waals surface area contributed by atoms with Gasteiger partial charge in [0.1, 0.15) is 0 Å². The van der Waals surface area contributed by atoms with Gasteiger partial charge in [-0.15, -0.1) is 12.4 Å². The zero-order valence-electron chi connectivity index (χ0n) is 10.9. The Morgan fingerprint density at radius 3 is 2.71 bits per heavy atom. The van der Waals surface area contributed by atoms with Gasteiger partial charge in [-0.1, -0.05) is 11.6 Å². The molecule has 2 rings (SSSR count). The highest BCUT2D eigenvalue weighted by molar-refractivity contribution is 7.89. The van der Waals surface area contributed by atoms with Crippen LogP contribution in [0.3, 0.4) is 0 Å². The summed E-state index contributed by atoms with van der Waals surface area (Å²) in [6.45, 7) is 1.36. The molecular formula is C11H15Cl2N3O4S. The quantitative estimate of drug-likeness (QED) is 0.632. The molecule has 2 N–H and O–H groups in total. The first-order valence-corrected chi connectivity index (χ1v) is 7.93. The molecule has 0 radical (unpaired) electrons. The summed E-state index contributed by atoms with van der Waals surface area (Å²) in [6, 6.07) is 3.25. The molecule has 0 saturated carbocycles. The third-order valence-corrected chi connectivity index (χ3v) is 4.83. The molecule has 1 heterocycles. The monoisotopic (exact) mass is 355 g/mol. The molecule has 1 aliphatic heterocycles. The molecule has 0 bridgehead atoms. The lowest BCUT2D eigenvalue weighted by Crippen LogP contribution is -2.45. The number of nitrogens with zero attached hydrogens (tertiary/aromatic N) is 1. The summed E-state index contributed by atoms with van der Waals surface area (Å²) in [7, 11) is -3.94. The molecule has 1 aromatic rings. The number of nitro benzene ring substituents is 1. The van der Waals surface area contributed by atoms with Crippen molar-refractivity contribution >= 4 is 39.7 Å². The van der Waals surface area contributed by atoms with Gasteiger partial charge in [-0.05, 0) is 31.5 Å². The van der Waals surface area contributed by atoms with Crippen LogP contribution in [0, 0.1) is 10.1 Å². The van der Waals surface area contributed by atoms with Crippen molar-refractivity contribution in [3.8, 4) is 0 Å². The van der Waals surface area contributed by atoms with Crippen LogP contribution in [0.25, 0.3) is 0 Å². The van der Waals surface area contributed by atoms with E-state index in [-0.39, 0.29) is 28.4 Å². The van der Waals surface area contributed by atoms with Crippen LogP contribution in [-0.4, -0.2) is 32.5 Å². The molecule has 10 heteroatoms. The van der Waals surface area contributed by atoms with E-state index in [1.807, 2.05) is 0 Å². The zero-order valence-corrected chi connectivity index (χ0v) is 13.3. The Morgan fingerprint density at radius 2 is 2.14 bits per heavy atom. The molecule has 1 saturated heterocycles. The second kappa shape index (κ2) is 7.37. The molecule has 0 amide bonds. The summed E-state index contributed by atoms with van der Waals surface area (Å²) >= 11 is 5.67. The Hall–Kier alpha value is -0.930. The van der Waals surface area contributed by atoms with Gasteiger partial charge in [-0.25, -0.2) is 13.1 Å². The normalized spacial score (nSPS) is 18.8. The van der Waals surface area contributed by atoms with Gasteiger partial charge in [0.05, 0.1) is 4.92 Å². The maximum Gasteiger partial charge on any atom is 0.290 e. The van der Waals surface area contributed by atoms with Gasteiger partial charge >= 0.3 is 0 Å². The summed E-state index contributed by atoms with van der Waals surface area (Å²) in [5.41, 5.74) is -0.520. The van der Waals surface area contributed by atoms with Gasteiger partial charge in [-0.2, -0.15) is 0 Å². The first-order chi connectivity index (χ1) is 9.40. The number of hydrogen-bond acceptors (Lipinski definition) is 5. The maximum absolute atomic E-state index is 12.3. The summed E-state index contributed by atoms with van der Waals surface area (Å²) < 4.78 is 27.0. The van der Waals surface area contributed by atoms with Crippen molar-refractivity contribution < 1.29 is 13.3 Å². The number of piperidine rings is 1. The van der Waals surface area contributed by atoms with E-state index in [0.717, 1.165) is 25.1 Å². The molecule has 1 aromatic carbocycles. The van der Waals surface area contributed by atoms with Crippen molar-refractivity contribution in [2.24, 2.45) is 0 Å². The highest BCUT2D eigenvalue weighted by atomic mass is 35.5. The van der Waals surface area contributed by atoms with Crippen LogP contribution in [0.15, 0.2) is 23.1 Å². The van der Waals surface area contributed by atoms with Crippen molar-refractivity contribution in [3.05, 3.63) is 33.3 Å². The van der Waals surface area contributed by atoms with Gasteiger partial charge in [0.2, 0.25) is 10.0 Å². The van der Waals surface area contributed by atoms with Crippen molar-refractivity contribution in [2.75, 3.05) is 13.1 Å². The molecule has 1 fully saturated rings. The molecular weight excluding hydrogens is 341 g/mol. The molecule has 118 valence electrons. The Labute approximate surface area is 133 Å². The SMILES string of the molecule is Cl.O=[N+]([O-])c1cc(Cl)ccc1S(=O)(=O)NC1CCCNC1. The second-order valence-electron chi connectivity index (χ2n) is 4.53.